The summed E-state index contributed by atoms with van der Waals surface area (Å²) in [7, 11) is -19.8. The van der Waals surface area contributed by atoms with Crippen molar-refractivity contribution in [3.05, 3.63) is 167 Å². The summed E-state index contributed by atoms with van der Waals surface area (Å²) in [5.74, 6) is -4.44. The average molecular weight is 1490 g/mol. The van der Waals surface area contributed by atoms with Crippen molar-refractivity contribution in [1.29, 1.82) is 0 Å². The smallest absolute Gasteiger partial charge is 0.744 e. The molecule has 0 spiro atoms. The Morgan fingerprint density at radius 2 is 0.758 bits per heavy atom. The molecule has 0 aliphatic rings. The molecule has 0 bridgehead atoms. The van der Waals surface area contributed by atoms with Gasteiger partial charge >= 0.3 is 133 Å². The van der Waals surface area contributed by atoms with Gasteiger partial charge in [-0.1, -0.05) is 30.3 Å². The van der Waals surface area contributed by atoms with Crippen LogP contribution in [0, 0.1) is 0 Å². The summed E-state index contributed by atoms with van der Waals surface area (Å²) in [6.45, 7) is 0. The number of carboxylic acid groups (broad SMARTS) is 2. The van der Waals surface area contributed by atoms with Crippen LogP contribution in [-0.2, 0) is 57.8 Å². The van der Waals surface area contributed by atoms with Gasteiger partial charge in [-0.3, -0.25) is 0 Å². The summed E-state index contributed by atoms with van der Waals surface area (Å²) in [5, 5.41) is 66.4. The van der Waals surface area contributed by atoms with E-state index in [1.54, 1.807) is 0 Å². The summed E-state index contributed by atoms with van der Waals surface area (Å²) in [6.07, 6.45) is 0. The molecule has 0 saturated carbocycles. The second-order valence-electron chi connectivity index (χ2n) is 17.9. The number of azo groups is 2. The van der Waals surface area contributed by atoms with Crippen molar-refractivity contribution in [2.45, 2.75) is 19.6 Å². The standard InChI is InChI=1S/2C26H18ClN7O9S2.Cr.4Na/c27-24-30-25(28-14-4-3-5-16(12-14)44(38,39)40)32-26(31-24)29-15-8-9-17-13(10-15)11-20(45(41,42)43)21(22(17)35)34-33-19-7-2-1-6-18(19)23(36)37;27-24-30-25(28-14-5-8-16(9-6-14)44(38,39)40)32-26(31-24)29-15-7-10-17-13(11-15)12-20(45(41,42)43)21(22(17)35)34-33-19-4-2-1-3-18(19)23(36)37;;;;;/h2*1-12,35H,(H,36,37)(H,38,39,40)(H,41,42,43)(H2,28,29,30,31,32);;;;;/q;;;4*+1/p-2. The van der Waals surface area contributed by atoms with E-state index in [1.807, 2.05) is 0 Å². The molecule has 8 N–H and O–H groups in total. The molecule has 0 aliphatic heterocycles. The number of hydrogen-bond donors (Lipinski definition) is 8. The number of hydrogen-bond acceptors (Lipinski definition) is 30. The fraction of sp³-hybridized carbons (Fsp3) is 0. The van der Waals surface area contributed by atoms with Crippen LogP contribution in [0.3, 0.4) is 0 Å². The maximum Gasteiger partial charge on any atom is 1.00 e. The van der Waals surface area contributed by atoms with Gasteiger partial charge in [0.25, 0.3) is 0 Å². The van der Waals surface area contributed by atoms with E-state index in [0.717, 1.165) is 36.4 Å². The predicted octanol–water partition coefficient (Wildman–Crippen LogP) is -2.18. The van der Waals surface area contributed by atoms with Crippen LogP contribution in [-0.4, -0.2) is 114 Å². The molecule has 0 amide bonds. The van der Waals surface area contributed by atoms with Gasteiger partial charge < -0.3 is 59.9 Å². The molecule has 0 saturated heterocycles. The molecule has 2 heterocycles. The first-order valence-electron chi connectivity index (χ1n) is 24.4. The van der Waals surface area contributed by atoms with E-state index in [-0.39, 0.29) is 234 Å². The van der Waals surface area contributed by atoms with Gasteiger partial charge in [0.2, 0.25) is 34.4 Å². The Kier molecular flexibility index (Phi) is 29.1. The number of aromatic hydroxyl groups is 2. The van der Waals surface area contributed by atoms with Crippen LogP contribution in [0.15, 0.2) is 186 Å². The van der Waals surface area contributed by atoms with Gasteiger partial charge in [-0.15, -0.1) is 20.5 Å². The van der Waals surface area contributed by atoms with Crippen LogP contribution in [0.25, 0.3) is 21.5 Å². The zero-order valence-corrected chi connectivity index (χ0v) is 62.7. The van der Waals surface area contributed by atoms with Crippen LogP contribution in [0.2, 0.25) is 10.6 Å². The van der Waals surface area contributed by atoms with Gasteiger partial charge in [0.1, 0.15) is 63.2 Å². The maximum atomic E-state index is 12.1. The van der Waals surface area contributed by atoms with Gasteiger partial charge in [0, 0.05) is 50.9 Å². The Bertz CT molecular complexity index is 5160. The zero-order chi connectivity index (χ0) is 65.0. The maximum absolute atomic E-state index is 12.1. The quantitative estimate of drug-likeness (QED) is 0.0257. The molecule has 0 unspecified atom stereocenters. The molecular weight excluding hydrogens is 1450 g/mol. The fourth-order valence-electron chi connectivity index (χ4n) is 8.00. The average Bonchev–Trinajstić information content (AvgIpc) is 0.774. The minimum Gasteiger partial charge on any atom is -0.744 e. The molecule has 8 aromatic carbocycles. The van der Waals surface area contributed by atoms with Crippen LogP contribution in [0.5, 0.6) is 11.5 Å². The van der Waals surface area contributed by atoms with Crippen LogP contribution in [0.4, 0.5) is 69.3 Å². The minimum atomic E-state index is -5.22. The molecule has 0 atom stereocenters. The first-order valence-corrected chi connectivity index (χ1v) is 30.8. The van der Waals surface area contributed by atoms with Gasteiger partial charge in [-0.05, 0) is 149 Å². The molecule has 43 heteroatoms. The number of nitrogens with zero attached hydrogens (tertiary/aromatic N) is 10. The number of aromatic carboxylic acids is 2. The van der Waals surface area contributed by atoms with E-state index in [0.29, 0.717) is 5.69 Å². The fourth-order valence-corrected chi connectivity index (χ4v) is 10.6. The van der Waals surface area contributed by atoms with Crippen molar-refractivity contribution in [2.75, 3.05) is 21.3 Å². The Balaban J connectivity index is 0.000000616. The number of fused-ring (bicyclic) bond motifs is 2. The van der Waals surface area contributed by atoms with Crippen molar-refractivity contribution in [1.82, 2.24) is 29.9 Å². The molecule has 95 heavy (non-hydrogen) atoms. The summed E-state index contributed by atoms with van der Waals surface area (Å²) < 4.78 is 140. The SMILES string of the molecule is O=C(O)c1ccccc1N=Nc1c(S(=O)(=O)[O-])cc2cc(Nc3nc(Cl)nc(Nc4ccc(S(=O)(=O)[O-])cc4)n3)ccc2c1O.O=C(O)c1ccccc1N=Nc1c(S(=O)(=O)[O-])cc2cc(Nc3nc(Cl)nc(Nc4cccc(S(=O)(=O)[O-])c4)n3)ccc2c1O.[Cr].[H+].[H+].[Na+].[Na+].[Na+].[Na+]. The third-order valence-electron chi connectivity index (χ3n) is 11.9. The van der Waals surface area contributed by atoms with Crippen molar-refractivity contribution in [3.63, 3.8) is 0 Å². The number of nitrogens with one attached hydrogen (secondary N) is 4. The number of carboxylic acids is 2. The van der Waals surface area contributed by atoms with Gasteiger partial charge in [0.05, 0.1) is 30.7 Å². The first kappa shape index (κ1) is 81.4. The van der Waals surface area contributed by atoms with E-state index < -0.39 is 94.9 Å². The molecule has 10 rings (SSSR count). The van der Waals surface area contributed by atoms with E-state index in [2.05, 4.69) is 71.6 Å². The number of anilines is 8. The van der Waals surface area contributed by atoms with E-state index >= 15 is 0 Å². The van der Waals surface area contributed by atoms with Gasteiger partial charge in [0.15, 0.2) is 11.5 Å². The molecular formula is C52H34Cl2CrN14Na4O18S4+2. The molecule has 32 nitrogen and oxygen atoms in total. The number of phenols is 2. The minimum absolute atomic E-state index is 0. The molecule has 466 valence electrons. The third-order valence-corrected chi connectivity index (χ3v) is 15.7. The normalized spacial score (nSPS) is 11.3. The summed E-state index contributed by atoms with van der Waals surface area (Å²) in [5.41, 5.74) is -1.16. The van der Waals surface area contributed by atoms with Crippen molar-refractivity contribution in [3.8, 4) is 11.5 Å². The number of phenolic OH excluding ortho intramolecular Hbond substituents is 2. The van der Waals surface area contributed by atoms with Crippen molar-refractivity contribution in [2.24, 2.45) is 20.5 Å². The number of halogens is 2. The monoisotopic (exact) mass is 1480 g/mol. The number of aromatic nitrogens is 6. The summed E-state index contributed by atoms with van der Waals surface area (Å²) >= 11 is 12.0. The predicted molar refractivity (Wildman–Crippen MR) is 316 cm³/mol. The Morgan fingerprint density at radius 3 is 1.12 bits per heavy atom. The second kappa shape index (κ2) is 34.0. The number of carbonyl (C=O) groups is 2. The summed E-state index contributed by atoms with van der Waals surface area (Å²) in [4.78, 5) is 44.2. The van der Waals surface area contributed by atoms with E-state index in [4.69, 9.17) is 23.2 Å². The van der Waals surface area contributed by atoms with Gasteiger partial charge in [-0.2, -0.15) is 29.9 Å². The molecule has 0 radical (unpaired) electrons. The van der Waals surface area contributed by atoms with E-state index in [1.165, 1.54) is 109 Å². The molecule has 10 aromatic rings. The van der Waals surface area contributed by atoms with Crippen LogP contribution >= 0.6 is 23.2 Å². The Morgan fingerprint density at radius 1 is 0.411 bits per heavy atom. The first-order chi connectivity index (χ1) is 42.4. The molecule has 0 fully saturated rings. The topological polar surface area (TPSA) is 519 Å². The Hall–Kier alpha value is -6.01. The molecule has 2 aromatic heterocycles. The van der Waals surface area contributed by atoms with E-state index in [9.17, 15) is 81.9 Å². The largest absolute Gasteiger partial charge is 1.00 e. The van der Waals surface area contributed by atoms with Crippen molar-refractivity contribution < 1.29 is 220 Å². The second-order valence-corrected chi connectivity index (χ2v) is 24.1. The summed E-state index contributed by atoms with van der Waals surface area (Å²) in [6, 6.07) is 31.0. The van der Waals surface area contributed by atoms with Crippen LogP contribution in [0.1, 0.15) is 23.6 Å². The molecule has 0 aliphatic carbocycles. The van der Waals surface area contributed by atoms with Crippen molar-refractivity contribution >= 4 is 166 Å². The number of benzene rings is 8. The zero-order valence-electron chi connectivity index (χ0n) is 50.6. The van der Waals surface area contributed by atoms with Gasteiger partial charge in [-0.25, -0.2) is 43.3 Å². The number of rotatable bonds is 18. The third kappa shape index (κ3) is 21.0. The Labute approximate surface area is 648 Å². The van der Waals surface area contributed by atoms with Crippen LogP contribution < -0.4 is 139 Å².